The molecule has 1 amide bonds. The molecule has 5 nitrogen and oxygen atoms in total. The average molecular weight is 359 g/mol. The summed E-state index contributed by atoms with van der Waals surface area (Å²) in [5.74, 6) is -1.47. The van der Waals surface area contributed by atoms with Crippen molar-refractivity contribution in [3.05, 3.63) is 59.9 Å². The Balaban J connectivity index is 2.14. The van der Waals surface area contributed by atoms with Crippen LogP contribution in [0.5, 0.6) is 0 Å². The maximum Gasteiger partial charge on any atom is 0.408 e. The largest absolute Gasteiger partial charge is 0.480 e. The van der Waals surface area contributed by atoms with Crippen molar-refractivity contribution in [2.75, 3.05) is 0 Å². The summed E-state index contributed by atoms with van der Waals surface area (Å²) in [6, 6.07) is 12.2. The summed E-state index contributed by atoms with van der Waals surface area (Å²) in [4.78, 5) is 23.3. The number of benzene rings is 2. The first kappa shape index (κ1) is 19.4. The van der Waals surface area contributed by atoms with E-state index in [1.165, 1.54) is 12.1 Å². The minimum absolute atomic E-state index is 0.101. The van der Waals surface area contributed by atoms with Gasteiger partial charge in [-0.2, -0.15) is 0 Å². The van der Waals surface area contributed by atoms with E-state index < -0.39 is 23.7 Å². The number of aliphatic carboxylic acids is 1. The van der Waals surface area contributed by atoms with Gasteiger partial charge in [0.05, 0.1) is 0 Å². The molecule has 0 aliphatic carbocycles. The van der Waals surface area contributed by atoms with E-state index >= 15 is 0 Å². The molecule has 0 aromatic heterocycles. The van der Waals surface area contributed by atoms with Gasteiger partial charge in [0, 0.05) is 6.42 Å². The molecule has 6 heteroatoms. The van der Waals surface area contributed by atoms with Gasteiger partial charge in [-0.1, -0.05) is 36.4 Å². The zero-order valence-electron chi connectivity index (χ0n) is 15.0. The lowest BCUT2D eigenvalue weighted by atomic mass is 9.99. The van der Waals surface area contributed by atoms with Gasteiger partial charge >= 0.3 is 12.1 Å². The molecule has 0 spiro atoms. The second-order valence-electron chi connectivity index (χ2n) is 6.95. The van der Waals surface area contributed by atoms with E-state index in [0.29, 0.717) is 0 Å². The van der Waals surface area contributed by atoms with Crippen molar-refractivity contribution in [2.45, 2.75) is 38.8 Å². The van der Waals surface area contributed by atoms with Crippen LogP contribution in [0.15, 0.2) is 48.5 Å². The maximum atomic E-state index is 13.1. The first-order valence-electron chi connectivity index (χ1n) is 8.21. The molecule has 0 bridgehead atoms. The maximum absolute atomic E-state index is 13.1. The van der Waals surface area contributed by atoms with E-state index in [4.69, 9.17) is 4.74 Å². The molecule has 2 aromatic carbocycles. The van der Waals surface area contributed by atoms with Crippen LogP contribution in [-0.4, -0.2) is 28.8 Å². The topological polar surface area (TPSA) is 75.6 Å². The molecule has 1 unspecified atom stereocenters. The lowest BCUT2D eigenvalue weighted by molar-refractivity contribution is -0.139. The van der Waals surface area contributed by atoms with Gasteiger partial charge < -0.3 is 15.2 Å². The lowest BCUT2D eigenvalue weighted by Crippen LogP contribution is -2.44. The van der Waals surface area contributed by atoms with Crippen LogP contribution in [0.4, 0.5) is 9.18 Å². The first-order chi connectivity index (χ1) is 12.1. The third kappa shape index (κ3) is 5.88. The minimum Gasteiger partial charge on any atom is -0.480 e. The number of alkyl carbamates (subject to hydrolysis) is 1. The fourth-order valence-electron chi connectivity index (χ4n) is 2.41. The molecule has 0 heterocycles. The number of carboxylic acid groups (broad SMARTS) is 1. The highest BCUT2D eigenvalue weighted by Gasteiger charge is 2.24. The quantitative estimate of drug-likeness (QED) is 0.846. The summed E-state index contributed by atoms with van der Waals surface area (Å²) in [5, 5.41) is 11.8. The summed E-state index contributed by atoms with van der Waals surface area (Å²) < 4.78 is 18.2. The number of rotatable bonds is 5. The van der Waals surface area contributed by atoms with Crippen LogP contribution >= 0.6 is 0 Å². The first-order valence-corrected chi connectivity index (χ1v) is 8.21. The Labute approximate surface area is 151 Å². The van der Waals surface area contributed by atoms with Crippen molar-refractivity contribution >= 4 is 12.1 Å². The van der Waals surface area contributed by atoms with Crippen molar-refractivity contribution in [3.8, 4) is 11.1 Å². The fourth-order valence-corrected chi connectivity index (χ4v) is 2.41. The van der Waals surface area contributed by atoms with Crippen LogP contribution in [0.3, 0.4) is 0 Å². The van der Waals surface area contributed by atoms with Gasteiger partial charge in [-0.3, -0.25) is 0 Å². The van der Waals surface area contributed by atoms with Crippen LogP contribution in [0.25, 0.3) is 11.1 Å². The monoisotopic (exact) mass is 359 g/mol. The Morgan fingerprint density at radius 2 is 1.77 bits per heavy atom. The van der Waals surface area contributed by atoms with Gasteiger partial charge in [0.2, 0.25) is 0 Å². The molecule has 138 valence electrons. The van der Waals surface area contributed by atoms with Gasteiger partial charge in [-0.15, -0.1) is 0 Å². The summed E-state index contributed by atoms with van der Waals surface area (Å²) >= 11 is 0. The molecule has 0 fully saturated rings. The van der Waals surface area contributed by atoms with Gasteiger partial charge in [-0.05, 0) is 49.6 Å². The molecule has 26 heavy (non-hydrogen) atoms. The zero-order chi connectivity index (χ0) is 19.3. The van der Waals surface area contributed by atoms with Crippen LogP contribution in [0.2, 0.25) is 0 Å². The zero-order valence-corrected chi connectivity index (χ0v) is 15.0. The number of carbonyl (C=O) groups is 2. The van der Waals surface area contributed by atoms with E-state index in [1.807, 2.05) is 12.1 Å². The second-order valence-corrected chi connectivity index (χ2v) is 6.95. The number of hydrogen-bond acceptors (Lipinski definition) is 3. The van der Waals surface area contributed by atoms with Crippen molar-refractivity contribution in [1.29, 1.82) is 0 Å². The SMILES string of the molecule is CC(C)(C)OC(=O)NC(Cc1cccc(-c2ccc(F)cc2)c1)C(=O)O. The number of hydrogen-bond donors (Lipinski definition) is 2. The van der Waals surface area contributed by atoms with E-state index in [2.05, 4.69) is 5.32 Å². The Kier molecular flexibility index (Phi) is 5.97. The molecule has 0 aliphatic heterocycles. The van der Waals surface area contributed by atoms with Crippen molar-refractivity contribution in [2.24, 2.45) is 0 Å². The van der Waals surface area contributed by atoms with Gasteiger partial charge in [0.1, 0.15) is 17.5 Å². The summed E-state index contributed by atoms with van der Waals surface area (Å²) in [5.41, 5.74) is 1.68. The smallest absolute Gasteiger partial charge is 0.408 e. The molecule has 0 saturated heterocycles. The lowest BCUT2D eigenvalue weighted by Gasteiger charge is -2.22. The highest BCUT2D eigenvalue weighted by atomic mass is 19.1. The number of carbonyl (C=O) groups excluding carboxylic acids is 1. The molecule has 2 N–H and O–H groups in total. The normalized spacial score (nSPS) is 12.3. The van der Waals surface area contributed by atoms with Crippen LogP contribution in [-0.2, 0) is 16.0 Å². The minimum atomic E-state index is -1.15. The second kappa shape index (κ2) is 7.99. The number of halogens is 1. The third-order valence-electron chi connectivity index (χ3n) is 3.53. The molecule has 2 rings (SSSR count). The van der Waals surface area contributed by atoms with E-state index in [9.17, 15) is 19.1 Å². The van der Waals surface area contributed by atoms with Gasteiger partial charge in [0.25, 0.3) is 0 Å². The van der Waals surface area contributed by atoms with E-state index in [-0.39, 0.29) is 12.2 Å². The van der Waals surface area contributed by atoms with Crippen LogP contribution in [0.1, 0.15) is 26.3 Å². The third-order valence-corrected chi connectivity index (χ3v) is 3.53. The van der Waals surface area contributed by atoms with Gasteiger partial charge in [0.15, 0.2) is 0 Å². The highest BCUT2D eigenvalue weighted by molar-refractivity contribution is 5.80. The predicted molar refractivity (Wildman–Crippen MR) is 96.3 cm³/mol. The molecule has 1 atom stereocenters. The molecular formula is C20H22FNO4. The predicted octanol–water partition coefficient (Wildman–Crippen LogP) is 4.01. The van der Waals surface area contributed by atoms with Crippen LogP contribution < -0.4 is 5.32 Å². The fraction of sp³-hybridized carbons (Fsp3) is 0.300. The number of carboxylic acids is 1. The van der Waals surface area contributed by atoms with E-state index in [1.54, 1.807) is 45.0 Å². The van der Waals surface area contributed by atoms with Crippen molar-refractivity contribution < 1.29 is 23.8 Å². The number of ether oxygens (including phenoxy) is 1. The Hall–Kier alpha value is -2.89. The number of amides is 1. The Bertz CT molecular complexity index is 781. The molecule has 0 radical (unpaired) electrons. The Morgan fingerprint density at radius 3 is 2.35 bits per heavy atom. The summed E-state index contributed by atoms with van der Waals surface area (Å²) in [7, 11) is 0. The van der Waals surface area contributed by atoms with Crippen molar-refractivity contribution in [3.63, 3.8) is 0 Å². The molecule has 2 aromatic rings. The molecule has 0 saturated carbocycles. The van der Waals surface area contributed by atoms with E-state index in [0.717, 1.165) is 16.7 Å². The van der Waals surface area contributed by atoms with Gasteiger partial charge in [-0.25, -0.2) is 14.0 Å². The molecule has 0 aliphatic rings. The number of nitrogens with one attached hydrogen (secondary N) is 1. The molecular weight excluding hydrogens is 337 g/mol. The standard InChI is InChI=1S/C20H22FNO4/c1-20(2,3)26-19(25)22-17(18(23)24)12-13-5-4-6-15(11-13)14-7-9-16(21)10-8-14/h4-11,17H,12H2,1-3H3,(H,22,25)(H,23,24). The summed E-state index contributed by atoms with van der Waals surface area (Å²) in [6.45, 7) is 5.11. The Morgan fingerprint density at radius 1 is 1.12 bits per heavy atom. The van der Waals surface area contributed by atoms with Crippen molar-refractivity contribution in [1.82, 2.24) is 5.32 Å². The highest BCUT2D eigenvalue weighted by Crippen LogP contribution is 2.21. The average Bonchev–Trinajstić information content (AvgIpc) is 2.53. The summed E-state index contributed by atoms with van der Waals surface area (Å²) in [6.07, 6.45) is -0.677. The van der Waals surface area contributed by atoms with Crippen LogP contribution in [0, 0.1) is 5.82 Å².